The van der Waals surface area contributed by atoms with E-state index in [-0.39, 0.29) is 12.5 Å². The molecule has 1 aromatic heterocycles. The van der Waals surface area contributed by atoms with Crippen molar-refractivity contribution >= 4 is 29.1 Å². The number of rotatable bonds is 4. The summed E-state index contributed by atoms with van der Waals surface area (Å²) in [5.74, 6) is -0.224. The molecule has 1 heterocycles. The zero-order chi connectivity index (χ0) is 16.5. The van der Waals surface area contributed by atoms with Crippen molar-refractivity contribution in [1.29, 1.82) is 0 Å². The SMILES string of the molecule is CN(CC(C)(C)O)C(=O)c1cnn(-c2ccc(Cl)cc2Cl)c1. The molecule has 1 aromatic carbocycles. The van der Waals surface area contributed by atoms with E-state index in [0.29, 0.717) is 21.3 Å². The van der Waals surface area contributed by atoms with E-state index in [1.165, 1.54) is 15.8 Å². The first kappa shape index (κ1) is 16.8. The Morgan fingerprint density at radius 1 is 1.41 bits per heavy atom. The van der Waals surface area contributed by atoms with Crippen LogP contribution in [0, 0.1) is 0 Å². The normalized spacial score (nSPS) is 11.5. The summed E-state index contributed by atoms with van der Waals surface area (Å²) in [4.78, 5) is 13.8. The molecule has 0 saturated heterocycles. The van der Waals surface area contributed by atoms with E-state index in [9.17, 15) is 9.90 Å². The Labute approximate surface area is 139 Å². The largest absolute Gasteiger partial charge is 0.389 e. The molecule has 0 bridgehead atoms. The summed E-state index contributed by atoms with van der Waals surface area (Å²) in [6.45, 7) is 3.51. The number of likely N-dealkylation sites (N-methyl/N-ethyl adjacent to an activating group) is 1. The van der Waals surface area contributed by atoms with Crippen LogP contribution >= 0.6 is 23.2 Å². The molecule has 0 aliphatic carbocycles. The molecule has 118 valence electrons. The molecule has 2 aromatic rings. The molecule has 0 unspecified atom stereocenters. The van der Waals surface area contributed by atoms with Gasteiger partial charge in [0.2, 0.25) is 0 Å². The van der Waals surface area contributed by atoms with Crippen molar-refractivity contribution in [3.05, 3.63) is 46.2 Å². The number of carbonyl (C=O) groups is 1. The monoisotopic (exact) mass is 341 g/mol. The van der Waals surface area contributed by atoms with Crippen molar-refractivity contribution in [3.8, 4) is 5.69 Å². The number of hydrogen-bond acceptors (Lipinski definition) is 3. The van der Waals surface area contributed by atoms with Gasteiger partial charge in [-0.1, -0.05) is 23.2 Å². The lowest BCUT2D eigenvalue weighted by atomic mass is 10.1. The van der Waals surface area contributed by atoms with Gasteiger partial charge >= 0.3 is 0 Å². The Kier molecular flexibility index (Phi) is 4.80. The second-order valence-electron chi connectivity index (χ2n) is 5.74. The first-order valence-corrected chi connectivity index (χ1v) is 7.41. The Balaban J connectivity index is 2.22. The van der Waals surface area contributed by atoms with Crippen LogP contribution < -0.4 is 0 Å². The molecule has 0 aliphatic rings. The average molecular weight is 342 g/mol. The third-order valence-electron chi connectivity index (χ3n) is 2.96. The van der Waals surface area contributed by atoms with Crippen molar-refractivity contribution in [1.82, 2.24) is 14.7 Å². The fourth-order valence-corrected chi connectivity index (χ4v) is 2.60. The van der Waals surface area contributed by atoms with Gasteiger partial charge in [-0.25, -0.2) is 4.68 Å². The fraction of sp³-hybridized carbons (Fsp3) is 0.333. The second-order valence-corrected chi connectivity index (χ2v) is 6.59. The van der Waals surface area contributed by atoms with Crippen molar-refractivity contribution in [2.75, 3.05) is 13.6 Å². The molecule has 7 heteroatoms. The molecule has 5 nitrogen and oxygen atoms in total. The first-order valence-electron chi connectivity index (χ1n) is 6.65. The number of amides is 1. The summed E-state index contributed by atoms with van der Waals surface area (Å²) in [5.41, 5.74) is 0.0907. The van der Waals surface area contributed by atoms with Crippen LogP contribution in [0.2, 0.25) is 10.0 Å². The predicted molar refractivity (Wildman–Crippen MR) is 86.8 cm³/mol. The highest BCUT2D eigenvalue weighted by atomic mass is 35.5. The second kappa shape index (κ2) is 6.28. The summed E-state index contributed by atoms with van der Waals surface area (Å²) in [6.07, 6.45) is 3.06. The average Bonchev–Trinajstić information content (AvgIpc) is 2.85. The highest BCUT2D eigenvalue weighted by molar-refractivity contribution is 6.35. The summed E-state index contributed by atoms with van der Waals surface area (Å²) in [5, 5.41) is 14.9. The summed E-state index contributed by atoms with van der Waals surface area (Å²) < 4.78 is 1.52. The van der Waals surface area contributed by atoms with Gasteiger partial charge in [-0.05, 0) is 32.0 Å². The summed E-state index contributed by atoms with van der Waals surface area (Å²) >= 11 is 12.0. The van der Waals surface area contributed by atoms with Gasteiger partial charge in [0.1, 0.15) is 0 Å². The first-order chi connectivity index (χ1) is 10.2. The number of hydrogen-bond donors (Lipinski definition) is 1. The smallest absolute Gasteiger partial charge is 0.256 e. The van der Waals surface area contributed by atoms with E-state index in [2.05, 4.69) is 5.10 Å². The van der Waals surface area contributed by atoms with Crippen LogP contribution in [0.25, 0.3) is 5.69 Å². The number of aromatic nitrogens is 2. The number of carbonyl (C=O) groups excluding carboxylic acids is 1. The molecule has 0 fully saturated rings. The maximum absolute atomic E-state index is 12.3. The minimum Gasteiger partial charge on any atom is -0.389 e. The Hall–Kier alpha value is -1.56. The number of aliphatic hydroxyl groups is 1. The molecule has 0 saturated carbocycles. The molecular weight excluding hydrogens is 325 g/mol. The molecule has 2 rings (SSSR count). The highest BCUT2D eigenvalue weighted by Gasteiger charge is 2.21. The molecule has 0 atom stereocenters. The maximum atomic E-state index is 12.3. The minimum atomic E-state index is -0.958. The zero-order valence-corrected chi connectivity index (χ0v) is 14.1. The fourth-order valence-electron chi connectivity index (χ4n) is 2.10. The topological polar surface area (TPSA) is 58.4 Å². The molecule has 1 amide bonds. The van der Waals surface area contributed by atoms with Gasteiger partial charge in [0, 0.05) is 24.8 Å². The van der Waals surface area contributed by atoms with E-state index in [1.807, 2.05) is 0 Å². The third-order valence-corrected chi connectivity index (χ3v) is 3.49. The van der Waals surface area contributed by atoms with E-state index in [0.717, 1.165) is 0 Å². The van der Waals surface area contributed by atoms with E-state index in [1.54, 1.807) is 45.3 Å². The molecule has 1 N–H and O–H groups in total. The number of benzene rings is 1. The van der Waals surface area contributed by atoms with Gasteiger partial charge < -0.3 is 10.0 Å². The highest BCUT2D eigenvalue weighted by Crippen LogP contribution is 2.24. The molecule has 0 radical (unpaired) electrons. The Morgan fingerprint density at radius 2 is 2.09 bits per heavy atom. The van der Waals surface area contributed by atoms with Gasteiger partial charge in [0.05, 0.1) is 28.1 Å². The van der Waals surface area contributed by atoms with Gasteiger partial charge in [-0.2, -0.15) is 5.10 Å². The van der Waals surface area contributed by atoms with Crippen molar-refractivity contribution in [2.24, 2.45) is 0 Å². The maximum Gasteiger partial charge on any atom is 0.256 e. The van der Waals surface area contributed by atoms with E-state index in [4.69, 9.17) is 23.2 Å². The number of nitrogens with zero attached hydrogens (tertiary/aromatic N) is 3. The number of halogens is 2. The van der Waals surface area contributed by atoms with Crippen LogP contribution in [0.5, 0.6) is 0 Å². The Morgan fingerprint density at radius 3 is 2.68 bits per heavy atom. The van der Waals surface area contributed by atoms with Crippen LogP contribution in [-0.4, -0.2) is 44.9 Å². The third kappa shape index (κ3) is 4.00. The van der Waals surface area contributed by atoms with Crippen molar-refractivity contribution in [2.45, 2.75) is 19.4 Å². The summed E-state index contributed by atoms with van der Waals surface area (Å²) in [7, 11) is 1.63. The van der Waals surface area contributed by atoms with Gasteiger partial charge in [-0.3, -0.25) is 4.79 Å². The Bertz CT molecular complexity index is 692. The lowest BCUT2D eigenvalue weighted by Crippen LogP contribution is -2.39. The minimum absolute atomic E-state index is 0.221. The van der Waals surface area contributed by atoms with Crippen LogP contribution in [0.15, 0.2) is 30.6 Å². The van der Waals surface area contributed by atoms with Crippen LogP contribution in [-0.2, 0) is 0 Å². The van der Waals surface area contributed by atoms with Crippen LogP contribution in [0.3, 0.4) is 0 Å². The van der Waals surface area contributed by atoms with Gasteiger partial charge in [0.15, 0.2) is 0 Å². The van der Waals surface area contributed by atoms with E-state index >= 15 is 0 Å². The summed E-state index contributed by atoms with van der Waals surface area (Å²) in [6, 6.07) is 5.04. The van der Waals surface area contributed by atoms with Crippen molar-refractivity contribution in [3.63, 3.8) is 0 Å². The van der Waals surface area contributed by atoms with E-state index < -0.39 is 5.60 Å². The standard InChI is InChI=1S/C15H17Cl2N3O2/c1-15(2,22)9-19(3)14(21)10-7-18-20(8-10)13-5-4-11(16)6-12(13)17/h4-8,22H,9H2,1-3H3. The zero-order valence-electron chi connectivity index (χ0n) is 12.5. The molecule has 22 heavy (non-hydrogen) atoms. The van der Waals surface area contributed by atoms with Crippen molar-refractivity contribution < 1.29 is 9.90 Å². The molecular formula is C15H17Cl2N3O2. The van der Waals surface area contributed by atoms with Gasteiger partial charge in [-0.15, -0.1) is 0 Å². The van der Waals surface area contributed by atoms with Crippen LogP contribution in [0.4, 0.5) is 0 Å². The molecule has 0 aliphatic heterocycles. The lowest BCUT2D eigenvalue weighted by Gasteiger charge is -2.25. The quantitative estimate of drug-likeness (QED) is 0.929. The van der Waals surface area contributed by atoms with Gasteiger partial charge in [0.25, 0.3) is 5.91 Å². The predicted octanol–water partition coefficient (Wildman–Crippen LogP) is 3.02. The van der Waals surface area contributed by atoms with Crippen LogP contribution in [0.1, 0.15) is 24.2 Å². The lowest BCUT2D eigenvalue weighted by molar-refractivity contribution is 0.0368. The molecule has 0 spiro atoms.